The van der Waals surface area contributed by atoms with Crippen molar-refractivity contribution in [3.8, 4) is 0 Å². The third-order valence-corrected chi connectivity index (χ3v) is 4.64. The number of carbonyl (C=O) groups excluding carboxylic acids is 1. The second-order valence-corrected chi connectivity index (χ2v) is 6.74. The molecule has 2 nitrogen and oxygen atoms in total. The van der Waals surface area contributed by atoms with Gasteiger partial charge in [0.25, 0.3) is 0 Å². The molecule has 3 rings (SSSR count). The average molecular weight is 284 g/mol. The van der Waals surface area contributed by atoms with Gasteiger partial charge in [0.1, 0.15) is 4.33 Å². The predicted octanol–water partition coefficient (Wildman–Crippen LogP) is 3.47. The molecule has 1 fully saturated rings. The molecule has 0 N–H and O–H groups in total. The molecular weight excluding hydrogens is 269 g/mol. The first kappa shape index (κ1) is 12.3. The Kier molecular flexibility index (Phi) is 2.83. The smallest absolute Gasteiger partial charge is 0.233 e. The molecule has 1 aromatic rings. The molecule has 1 atom stereocenters. The molecule has 0 saturated heterocycles. The third-order valence-electron chi connectivity index (χ3n) is 3.81. The molecule has 96 valence electrons. The highest BCUT2D eigenvalue weighted by atomic mass is 35.5. The number of carbonyl (C=O) groups is 1. The lowest BCUT2D eigenvalue weighted by Gasteiger charge is -2.31. The largest absolute Gasteiger partial charge is 0.312 e. The summed E-state index contributed by atoms with van der Waals surface area (Å²) in [5.74, 6) is -0.151. The summed E-state index contributed by atoms with van der Waals surface area (Å²) in [4.78, 5) is 14.3. The average Bonchev–Trinajstić information content (AvgIpc) is 2.97. The molecule has 1 aromatic carbocycles. The summed E-state index contributed by atoms with van der Waals surface area (Å²) in [6.45, 7) is 2.82. The Morgan fingerprint density at radius 1 is 1.44 bits per heavy atom. The van der Waals surface area contributed by atoms with Crippen LogP contribution in [-0.4, -0.2) is 16.8 Å². The highest BCUT2D eigenvalue weighted by molar-refractivity contribution is 6.52. The summed E-state index contributed by atoms with van der Waals surface area (Å²) in [6.07, 6.45) is 2.62. The van der Waals surface area contributed by atoms with Crippen molar-refractivity contribution < 1.29 is 4.79 Å². The van der Waals surface area contributed by atoms with Crippen molar-refractivity contribution in [2.75, 3.05) is 11.4 Å². The third kappa shape index (κ3) is 1.92. The zero-order valence-corrected chi connectivity index (χ0v) is 11.8. The first-order chi connectivity index (χ1) is 8.50. The van der Waals surface area contributed by atoms with Gasteiger partial charge in [0.05, 0.1) is 5.92 Å². The number of anilines is 1. The van der Waals surface area contributed by atoms with Crippen molar-refractivity contribution in [3.63, 3.8) is 0 Å². The van der Waals surface area contributed by atoms with Gasteiger partial charge in [-0.15, -0.1) is 23.2 Å². The van der Waals surface area contributed by atoms with Crippen molar-refractivity contribution in [1.29, 1.82) is 0 Å². The van der Waals surface area contributed by atoms with Gasteiger partial charge in [0, 0.05) is 12.2 Å². The monoisotopic (exact) mass is 283 g/mol. The maximum atomic E-state index is 12.4. The number of halogens is 2. The fourth-order valence-corrected chi connectivity index (χ4v) is 3.23. The minimum Gasteiger partial charge on any atom is -0.312 e. The van der Waals surface area contributed by atoms with Crippen molar-refractivity contribution in [2.24, 2.45) is 5.92 Å². The number of nitrogens with zero attached hydrogens (tertiary/aromatic N) is 1. The summed E-state index contributed by atoms with van der Waals surface area (Å²) >= 11 is 12.0. The number of aryl methyl sites for hydroxylation is 2. The summed E-state index contributed by atoms with van der Waals surface area (Å²) < 4.78 is -0.836. The Morgan fingerprint density at radius 2 is 2.17 bits per heavy atom. The lowest BCUT2D eigenvalue weighted by molar-refractivity contribution is -0.119. The quantitative estimate of drug-likeness (QED) is 0.723. The zero-order chi connectivity index (χ0) is 12.9. The second kappa shape index (κ2) is 4.14. The summed E-state index contributed by atoms with van der Waals surface area (Å²) in [6, 6.07) is 6.20. The van der Waals surface area contributed by atoms with Gasteiger partial charge < -0.3 is 4.90 Å². The number of benzene rings is 1. The predicted molar refractivity (Wildman–Crippen MR) is 74.4 cm³/mol. The van der Waals surface area contributed by atoms with Crippen LogP contribution in [0.5, 0.6) is 0 Å². The number of para-hydroxylation sites is 1. The molecule has 0 aromatic heterocycles. The Morgan fingerprint density at radius 3 is 2.83 bits per heavy atom. The van der Waals surface area contributed by atoms with Crippen molar-refractivity contribution in [1.82, 2.24) is 0 Å². The molecule has 1 heterocycles. The number of rotatable bonds is 1. The van der Waals surface area contributed by atoms with Crippen LogP contribution in [0.2, 0.25) is 0 Å². The van der Waals surface area contributed by atoms with Gasteiger partial charge in [-0.25, -0.2) is 0 Å². The van der Waals surface area contributed by atoms with Crippen LogP contribution in [0.4, 0.5) is 5.69 Å². The number of amides is 1. The van der Waals surface area contributed by atoms with Gasteiger partial charge >= 0.3 is 0 Å². The van der Waals surface area contributed by atoms with Gasteiger partial charge in [0.15, 0.2) is 0 Å². The van der Waals surface area contributed by atoms with Crippen LogP contribution in [0, 0.1) is 12.8 Å². The fourth-order valence-electron chi connectivity index (χ4n) is 2.74. The number of hydrogen-bond donors (Lipinski definition) is 0. The summed E-state index contributed by atoms with van der Waals surface area (Å²) in [5.41, 5.74) is 3.48. The van der Waals surface area contributed by atoms with E-state index >= 15 is 0 Å². The minimum absolute atomic E-state index is 0.0789. The molecule has 18 heavy (non-hydrogen) atoms. The number of alkyl halides is 2. The summed E-state index contributed by atoms with van der Waals surface area (Å²) in [7, 11) is 0. The van der Waals surface area contributed by atoms with Gasteiger partial charge in [-0.3, -0.25) is 4.79 Å². The molecule has 0 radical (unpaired) electrons. The highest BCUT2D eigenvalue weighted by Gasteiger charge is 2.57. The maximum absolute atomic E-state index is 12.4. The van der Waals surface area contributed by atoms with E-state index in [-0.39, 0.29) is 11.8 Å². The van der Waals surface area contributed by atoms with E-state index < -0.39 is 4.33 Å². The van der Waals surface area contributed by atoms with Crippen LogP contribution in [0.3, 0.4) is 0 Å². The topological polar surface area (TPSA) is 20.3 Å². The van der Waals surface area contributed by atoms with Gasteiger partial charge in [-0.05, 0) is 37.3 Å². The van der Waals surface area contributed by atoms with Gasteiger partial charge in [-0.1, -0.05) is 18.2 Å². The summed E-state index contributed by atoms with van der Waals surface area (Å²) in [5, 5.41) is 0. The second-order valence-electron chi connectivity index (χ2n) is 5.19. The fraction of sp³-hybridized carbons (Fsp3) is 0.500. The molecular formula is C14H15Cl2NO. The molecule has 2 aliphatic rings. The minimum atomic E-state index is -0.836. The number of hydrogen-bond acceptors (Lipinski definition) is 1. The van der Waals surface area contributed by atoms with Gasteiger partial charge in [-0.2, -0.15) is 0 Å². The van der Waals surface area contributed by atoms with Crippen molar-refractivity contribution >= 4 is 34.8 Å². The lowest BCUT2D eigenvalue weighted by Crippen LogP contribution is -2.38. The molecule has 1 aliphatic carbocycles. The van der Waals surface area contributed by atoms with E-state index in [1.54, 1.807) is 0 Å². The number of fused-ring (bicyclic) bond motifs is 1. The Hall–Kier alpha value is -0.730. The van der Waals surface area contributed by atoms with E-state index in [1.807, 2.05) is 24.0 Å². The van der Waals surface area contributed by atoms with Crippen LogP contribution >= 0.6 is 23.2 Å². The van der Waals surface area contributed by atoms with Crippen LogP contribution in [0.25, 0.3) is 0 Å². The van der Waals surface area contributed by atoms with Crippen LogP contribution in [0.15, 0.2) is 18.2 Å². The molecule has 1 aliphatic heterocycles. The zero-order valence-electron chi connectivity index (χ0n) is 10.2. The normalized spacial score (nSPS) is 24.6. The first-order valence-electron chi connectivity index (χ1n) is 6.28. The van der Waals surface area contributed by atoms with Crippen molar-refractivity contribution in [3.05, 3.63) is 29.3 Å². The molecule has 1 saturated carbocycles. The Balaban J connectivity index is 1.94. The SMILES string of the molecule is Cc1cccc2c1N(C(=O)C1CC1(Cl)Cl)CCC2. The van der Waals surface area contributed by atoms with E-state index in [0.29, 0.717) is 6.42 Å². The first-order valence-corrected chi connectivity index (χ1v) is 7.04. The Bertz CT molecular complexity index is 513. The van der Waals surface area contributed by atoms with Gasteiger partial charge in [0.2, 0.25) is 5.91 Å². The van der Waals surface area contributed by atoms with E-state index in [0.717, 1.165) is 30.6 Å². The Labute approximate surface area is 117 Å². The molecule has 0 bridgehead atoms. The van der Waals surface area contributed by atoms with Crippen molar-refractivity contribution in [2.45, 2.75) is 30.5 Å². The van der Waals surface area contributed by atoms with E-state index in [2.05, 4.69) is 6.07 Å². The highest BCUT2D eigenvalue weighted by Crippen LogP contribution is 2.54. The van der Waals surface area contributed by atoms with E-state index in [9.17, 15) is 4.79 Å². The van der Waals surface area contributed by atoms with Crippen LogP contribution in [0.1, 0.15) is 24.0 Å². The maximum Gasteiger partial charge on any atom is 0.233 e. The van der Waals surface area contributed by atoms with Crippen LogP contribution in [-0.2, 0) is 11.2 Å². The molecule has 1 amide bonds. The van der Waals surface area contributed by atoms with Crippen LogP contribution < -0.4 is 4.90 Å². The standard InChI is InChI=1S/C14H15Cl2NO/c1-9-4-2-5-10-6-3-7-17(12(9)10)13(18)11-8-14(11,15)16/h2,4-5,11H,3,6-8H2,1H3. The van der Waals surface area contributed by atoms with E-state index in [4.69, 9.17) is 23.2 Å². The molecule has 0 spiro atoms. The molecule has 1 unspecified atom stereocenters. The molecule has 4 heteroatoms. The van der Waals surface area contributed by atoms with E-state index in [1.165, 1.54) is 5.56 Å². The lowest BCUT2D eigenvalue weighted by atomic mass is 9.98.